The Kier molecular flexibility index (Phi) is 7.53. The molecule has 2 N–H and O–H groups in total. The monoisotopic (exact) mass is 657 g/mol. The maximum Gasteiger partial charge on any atom is 0.256 e. The summed E-state index contributed by atoms with van der Waals surface area (Å²) in [4.78, 5) is 22.7. The van der Waals surface area contributed by atoms with Crippen LogP contribution >= 0.6 is 34.5 Å². The van der Waals surface area contributed by atoms with Gasteiger partial charge in [-0.15, -0.1) is 0 Å². The van der Waals surface area contributed by atoms with Crippen LogP contribution in [0.3, 0.4) is 0 Å². The van der Waals surface area contributed by atoms with E-state index in [2.05, 4.69) is 36.0 Å². The molecule has 1 unspecified atom stereocenters. The van der Waals surface area contributed by atoms with Gasteiger partial charge in [0.25, 0.3) is 5.91 Å². The highest BCUT2D eigenvalue weighted by atomic mass is 127. The molecule has 1 atom stereocenters. The van der Waals surface area contributed by atoms with Gasteiger partial charge < -0.3 is 9.80 Å². The minimum absolute atomic E-state index is 0.212. The summed E-state index contributed by atoms with van der Waals surface area (Å²) in [6.07, 6.45) is 5.62. The molecule has 2 saturated heterocycles. The van der Waals surface area contributed by atoms with Crippen molar-refractivity contribution in [2.45, 2.75) is 32.2 Å². The number of aryl methyl sites for hydroxylation is 1. The number of aromatic nitrogens is 3. The maximum absolute atomic E-state index is 13.8. The number of carbonyl (C=O) groups is 1. The Morgan fingerprint density at radius 1 is 1.24 bits per heavy atom. The lowest BCUT2D eigenvalue weighted by Gasteiger charge is -2.40. The van der Waals surface area contributed by atoms with Gasteiger partial charge in [-0.2, -0.15) is 5.10 Å². The summed E-state index contributed by atoms with van der Waals surface area (Å²) in [5.74, 6) is 1.30. The Hall–Kier alpha value is -2.16. The van der Waals surface area contributed by atoms with E-state index >= 15 is 0 Å². The minimum atomic E-state index is -3.58. The molecule has 10 nitrogen and oxygen atoms in total. The normalized spacial score (nSPS) is 18.8. The van der Waals surface area contributed by atoms with Crippen LogP contribution in [0, 0.1) is 12.8 Å². The van der Waals surface area contributed by atoms with Crippen molar-refractivity contribution in [3.05, 3.63) is 52.3 Å². The van der Waals surface area contributed by atoms with E-state index in [9.17, 15) is 13.2 Å². The van der Waals surface area contributed by atoms with Gasteiger partial charge in [0.15, 0.2) is 5.65 Å². The first-order chi connectivity index (χ1) is 17.6. The molecule has 1 amide bonds. The molecule has 198 valence electrons. The van der Waals surface area contributed by atoms with Crippen LogP contribution in [0.1, 0.15) is 46.9 Å². The van der Waals surface area contributed by atoms with Crippen LogP contribution in [-0.4, -0.2) is 66.3 Å². The number of anilines is 2. The number of piperidine rings is 1. The van der Waals surface area contributed by atoms with Crippen molar-refractivity contribution >= 4 is 67.5 Å². The van der Waals surface area contributed by atoms with Crippen molar-refractivity contribution in [3.63, 3.8) is 0 Å². The lowest BCUT2D eigenvalue weighted by atomic mass is 9.98. The molecule has 5 rings (SSSR count). The molecule has 0 radical (unpaired) electrons. The lowest BCUT2D eigenvalue weighted by molar-refractivity contribution is 0.0607. The molecule has 2 aromatic heterocycles. The zero-order valence-electron chi connectivity index (χ0n) is 20.6. The standard InChI is InChI=1S/C24H29ClIN7O3S/c1-15-12-33-22(28-23(15)31-13-16(14-31)11-27-26)10-20(29-33)21-5-3-4-8-32(21)24(34)18-9-17(25)6-7-19(18)30-37(2,35)36/h6-7,9-10,12,16,21,27,30H,3-5,8,11,13-14H2,1-2H3. The van der Waals surface area contributed by atoms with Gasteiger partial charge in [-0.1, -0.05) is 11.6 Å². The molecule has 2 aliphatic rings. The molecule has 1 aromatic carbocycles. The number of sulfonamides is 1. The van der Waals surface area contributed by atoms with Crippen LogP contribution in [0.15, 0.2) is 30.5 Å². The van der Waals surface area contributed by atoms with Crippen LogP contribution in [-0.2, 0) is 10.0 Å². The molecule has 0 bridgehead atoms. The van der Waals surface area contributed by atoms with Gasteiger partial charge in [-0.05, 0) is 44.4 Å². The Balaban J connectivity index is 1.44. The Morgan fingerprint density at radius 3 is 2.76 bits per heavy atom. The summed E-state index contributed by atoms with van der Waals surface area (Å²) in [5, 5.41) is 5.16. The first-order valence-electron chi connectivity index (χ1n) is 12.2. The minimum Gasteiger partial charge on any atom is -0.355 e. The van der Waals surface area contributed by atoms with Gasteiger partial charge in [-0.3, -0.25) is 13.0 Å². The predicted molar refractivity (Wildman–Crippen MR) is 153 cm³/mol. The molecule has 0 spiro atoms. The topological polar surface area (TPSA) is 112 Å². The van der Waals surface area contributed by atoms with Gasteiger partial charge in [0.2, 0.25) is 10.0 Å². The van der Waals surface area contributed by atoms with Crippen LogP contribution in [0.4, 0.5) is 11.5 Å². The van der Waals surface area contributed by atoms with Crippen molar-refractivity contribution in [2.75, 3.05) is 42.1 Å². The van der Waals surface area contributed by atoms with Crippen LogP contribution < -0.4 is 13.2 Å². The molecular formula is C24H29ClIN7O3S. The summed E-state index contributed by atoms with van der Waals surface area (Å²) >= 11 is 8.38. The SMILES string of the molecule is Cc1cn2nc(C3CCCCN3C(=O)c3cc(Cl)ccc3NS(C)(=O)=O)cc2nc1N1CC(CNI)C1. The Morgan fingerprint density at radius 2 is 2.03 bits per heavy atom. The highest BCUT2D eigenvalue weighted by Crippen LogP contribution is 2.35. The number of benzene rings is 1. The van der Waals surface area contributed by atoms with Crippen molar-refractivity contribution < 1.29 is 13.2 Å². The third-order valence-corrected chi connectivity index (χ3v) is 8.13. The molecule has 13 heteroatoms. The van der Waals surface area contributed by atoms with E-state index < -0.39 is 10.0 Å². The van der Waals surface area contributed by atoms with E-state index in [0.29, 0.717) is 17.5 Å². The van der Waals surface area contributed by atoms with E-state index in [1.807, 2.05) is 19.2 Å². The summed E-state index contributed by atoms with van der Waals surface area (Å²) in [7, 11) is -3.58. The largest absolute Gasteiger partial charge is 0.355 e. The van der Waals surface area contributed by atoms with E-state index in [0.717, 1.165) is 67.9 Å². The number of halogens is 2. The quantitative estimate of drug-likeness (QED) is 0.294. The summed E-state index contributed by atoms with van der Waals surface area (Å²) in [6.45, 7) is 5.50. The summed E-state index contributed by atoms with van der Waals surface area (Å²) in [6, 6.07) is 6.30. The Labute approximate surface area is 235 Å². The Bertz CT molecular complexity index is 1440. The molecular weight excluding hydrogens is 629 g/mol. The number of carbonyl (C=O) groups excluding carboxylic acids is 1. The van der Waals surface area contributed by atoms with Crippen molar-refractivity contribution in [2.24, 2.45) is 5.92 Å². The fourth-order valence-electron chi connectivity index (χ4n) is 5.10. The van der Waals surface area contributed by atoms with E-state index in [1.165, 1.54) is 12.1 Å². The number of nitrogens with one attached hydrogen (secondary N) is 2. The fourth-order valence-corrected chi connectivity index (χ4v) is 6.47. The zero-order chi connectivity index (χ0) is 26.3. The molecule has 37 heavy (non-hydrogen) atoms. The molecule has 0 saturated carbocycles. The average molecular weight is 658 g/mol. The van der Waals surface area contributed by atoms with E-state index in [-0.39, 0.29) is 23.2 Å². The molecule has 3 aromatic rings. The van der Waals surface area contributed by atoms with Crippen molar-refractivity contribution in [1.29, 1.82) is 0 Å². The number of amides is 1. The van der Waals surface area contributed by atoms with E-state index in [1.54, 1.807) is 15.5 Å². The number of fused-ring (bicyclic) bond motifs is 1. The van der Waals surface area contributed by atoms with Crippen LogP contribution in [0.2, 0.25) is 5.02 Å². The number of hydrogen-bond acceptors (Lipinski definition) is 7. The second-order valence-electron chi connectivity index (χ2n) is 9.80. The maximum atomic E-state index is 13.8. The molecule has 2 aliphatic heterocycles. The van der Waals surface area contributed by atoms with Gasteiger partial charge in [0, 0.05) is 77.8 Å². The third-order valence-electron chi connectivity index (χ3n) is 6.86. The average Bonchev–Trinajstić information content (AvgIpc) is 3.23. The zero-order valence-corrected chi connectivity index (χ0v) is 24.3. The highest BCUT2D eigenvalue weighted by Gasteiger charge is 2.33. The lowest BCUT2D eigenvalue weighted by Crippen LogP contribution is -2.50. The van der Waals surface area contributed by atoms with Gasteiger partial charge in [0.05, 0.1) is 29.2 Å². The summed E-state index contributed by atoms with van der Waals surface area (Å²) in [5.41, 5.74) is 3.00. The van der Waals surface area contributed by atoms with Crippen molar-refractivity contribution in [3.8, 4) is 0 Å². The van der Waals surface area contributed by atoms with Crippen molar-refractivity contribution in [1.82, 2.24) is 23.0 Å². The number of likely N-dealkylation sites (tertiary alicyclic amines) is 1. The molecule has 0 aliphatic carbocycles. The van der Waals surface area contributed by atoms with Gasteiger partial charge in [-0.25, -0.2) is 17.9 Å². The van der Waals surface area contributed by atoms with Gasteiger partial charge >= 0.3 is 0 Å². The number of nitrogens with zero attached hydrogens (tertiary/aromatic N) is 5. The van der Waals surface area contributed by atoms with E-state index in [4.69, 9.17) is 21.7 Å². The summed E-state index contributed by atoms with van der Waals surface area (Å²) < 4.78 is 31.2. The van der Waals surface area contributed by atoms with Gasteiger partial charge in [0.1, 0.15) is 5.82 Å². The molecule has 4 heterocycles. The second kappa shape index (κ2) is 10.5. The number of rotatable bonds is 7. The van der Waals surface area contributed by atoms with Crippen LogP contribution in [0.25, 0.3) is 5.65 Å². The number of hydrogen-bond donors (Lipinski definition) is 2. The van der Waals surface area contributed by atoms with Crippen LogP contribution in [0.5, 0.6) is 0 Å². The molecule has 2 fully saturated rings. The smallest absolute Gasteiger partial charge is 0.256 e. The highest BCUT2D eigenvalue weighted by molar-refractivity contribution is 14.1. The first kappa shape index (κ1) is 26.4. The fraction of sp³-hybridized carbons (Fsp3) is 0.458. The third kappa shape index (κ3) is 5.66. The first-order valence-corrected chi connectivity index (χ1v) is 15.5. The second-order valence-corrected chi connectivity index (χ2v) is 12.8. The predicted octanol–water partition coefficient (Wildman–Crippen LogP) is 3.81.